The first-order valence-corrected chi connectivity index (χ1v) is 6.53. The fraction of sp³-hybridized carbons (Fsp3) is 0.400. The van der Waals surface area contributed by atoms with Crippen LogP contribution < -0.4 is 11.1 Å². The molecule has 78 valence electrons. The molecular weight excluding hydrogens is 260 g/mol. The van der Waals surface area contributed by atoms with Crippen LogP contribution in [0.15, 0.2) is 22.7 Å². The maximum atomic E-state index is 5.65. The maximum Gasteiger partial charge on any atom is 0.0486 e. The molecule has 0 amide bonds. The number of hydrogen-bond acceptors (Lipinski definition) is 3. The van der Waals surface area contributed by atoms with Gasteiger partial charge in [0.15, 0.2) is 0 Å². The second kappa shape index (κ2) is 5.51. The van der Waals surface area contributed by atoms with Crippen LogP contribution in [0.1, 0.15) is 6.92 Å². The minimum absolute atomic E-state index is 0.611. The third-order valence-electron chi connectivity index (χ3n) is 1.98. The minimum Gasteiger partial charge on any atom is -0.399 e. The zero-order valence-corrected chi connectivity index (χ0v) is 10.8. The maximum absolute atomic E-state index is 5.65. The van der Waals surface area contributed by atoms with Crippen molar-refractivity contribution in [3.63, 3.8) is 0 Å². The van der Waals surface area contributed by atoms with E-state index in [1.165, 1.54) is 0 Å². The lowest BCUT2D eigenvalue weighted by molar-refractivity contribution is 1.00. The van der Waals surface area contributed by atoms with E-state index in [1.54, 1.807) is 0 Å². The van der Waals surface area contributed by atoms with Crippen molar-refractivity contribution >= 4 is 39.1 Å². The predicted octanol–water partition coefficient (Wildman–Crippen LogP) is 3.19. The van der Waals surface area contributed by atoms with Crippen molar-refractivity contribution in [2.45, 2.75) is 12.2 Å². The lowest BCUT2D eigenvalue weighted by atomic mass is 10.3. The Kier molecular flexibility index (Phi) is 4.62. The van der Waals surface area contributed by atoms with Gasteiger partial charge in [-0.2, -0.15) is 11.8 Å². The summed E-state index contributed by atoms with van der Waals surface area (Å²) in [4.78, 5) is 0. The largest absolute Gasteiger partial charge is 0.399 e. The van der Waals surface area contributed by atoms with Gasteiger partial charge in [0.1, 0.15) is 0 Å². The first kappa shape index (κ1) is 11.7. The number of rotatable bonds is 4. The molecule has 1 rings (SSSR count). The summed E-state index contributed by atoms with van der Waals surface area (Å²) in [7, 11) is 0. The van der Waals surface area contributed by atoms with Gasteiger partial charge in [-0.15, -0.1) is 0 Å². The number of halogens is 1. The summed E-state index contributed by atoms with van der Waals surface area (Å²) in [6, 6.07) is 5.80. The fourth-order valence-corrected chi connectivity index (χ4v) is 1.80. The predicted molar refractivity (Wildman–Crippen MR) is 70.0 cm³/mol. The molecule has 0 aliphatic rings. The normalized spacial score (nSPS) is 12.5. The highest BCUT2D eigenvalue weighted by atomic mass is 79.9. The number of nitrogens with two attached hydrogens (primary N) is 1. The average molecular weight is 275 g/mol. The monoisotopic (exact) mass is 274 g/mol. The Morgan fingerprint density at radius 1 is 1.57 bits per heavy atom. The van der Waals surface area contributed by atoms with Gasteiger partial charge in [-0.1, -0.05) is 6.92 Å². The second-order valence-electron chi connectivity index (χ2n) is 3.17. The van der Waals surface area contributed by atoms with Crippen molar-refractivity contribution in [1.82, 2.24) is 0 Å². The number of thioether (sulfide) groups is 1. The van der Waals surface area contributed by atoms with E-state index in [4.69, 9.17) is 5.73 Å². The standard InChI is InChI=1S/C10H15BrN2S/c1-7(14-2)6-13-10-4-3-8(12)5-9(10)11/h3-5,7,13H,6,12H2,1-2H3. The fourth-order valence-electron chi connectivity index (χ4n) is 1.01. The van der Waals surface area contributed by atoms with E-state index in [1.807, 2.05) is 30.0 Å². The number of nitrogens with one attached hydrogen (secondary N) is 1. The van der Waals surface area contributed by atoms with E-state index in [2.05, 4.69) is 34.4 Å². The van der Waals surface area contributed by atoms with E-state index >= 15 is 0 Å². The third kappa shape index (κ3) is 3.42. The zero-order chi connectivity index (χ0) is 10.6. The van der Waals surface area contributed by atoms with Crippen LogP contribution in [0, 0.1) is 0 Å². The number of benzene rings is 1. The summed E-state index contributed by atoms with van der Waals surface area (Å²) < 4.78 is 1.02. The third-order valence-corrected chi connectivity index (χ3v) is 3.60. The number of anilines is 2. The SMILES string of the molecule is CSC(C)CNc1ccc(N)cc1Br. The lowest BCUT2D eigenvalue weighted by Crippen LogP contribution is -2.12. The average Bonchev–Trinajstić information content (AvgIpc) is 2.16. The van der Waals surface area contributed by atoms with Crippen LogP contribution >= 0.6 is 27.7 Å². The molecule has 0 spiro atoms. The van der Waals surface area contributed by atoms with Crippen molar-refractivity contribution in [3.05, 3.63) is 22.7 Å². The zero-order valence-electron chi connectivity index (χ0n) is 8.38. The Hall–Kier alpha value is -0.350. The van der Waals surface area contributed by atoms with Crippen LogP contribution in [0.5, 0.6) is 0 Å². The van der Waals surface area contributed by atoms with E-state index in [0.29, 0.717) is 5.25 Å². The van der Waals surface area contributed by atoms with Gasteiger partial charge < -0.3 is 11.1 Å². The molecule has 1 unspecified atom stereocenters. The van der Waals surface area contributed by atoms with Crippen molar-refractivity contribution < 1.29 is 0 Å². The summed E-state index contributed by atoms with van der Waals surface area (Å²) in [6.07, 6.45) is 2.12. The summed E-state index contributed by atoms with van der Waals surface area (Å²) >= 11 is 5.32. The molecule has 0 aromatic heterocycles. The van der Waals surface area contributed by atoms with Crippen molar-refractivity contribution in [1.29, 1.82) is 0 Å². The van der Waals surface area contributed by atoms with E-state index in [0.717, 1.165) is 22.4 Å². The molecule has 0 aliphatic carbocycles. The molecule has 1 aromatic rings. The second-order valence-corrected chi connectivity index (χ2v) is 5.30. The molecule has 4 heteroatoms. The first-order valence-electron chi connectivity index (χ1n) is 4.45. The highest BCUT2D eigenvalue weighted by Crippen LogP contribution is 2.24. The summed E-state index contributed by atoms with van der Waals surface area (Å²) in [5, 5.41) is 3.98. The Labute approximate surface area is 97.8 Å². The van der Waals surface area contributed by atoms with Crippen molar-refractivity contribution in [2.75, 3.05) is 23.9 Å². The molecule has 14 heavy (non-hydrogen) atoms. The Morgan fingerprint density at radius 3 is 2.86 bits per heavy atom. The summed E-state index contributed by atoms with van der Waals surface area (Å²) in [5.74, 6) is 0. The Balaban J connectivity index is 2.59. The molecule has 0 bridgehead atoms. The molecule has 3 N–H and O–H groups in total. The Bertz CT molecular complexity index is 304. The van der Waals surface area contributed by atoms with E-state index < -0.39 is 0 Å². The van der Waals surface area contributed by atoms with Gasteiger partial charge in [-0.05, 0) is 40.4 Å². The molecule has 0 heterocycles. The number of hydrogen-bond donors (Lipinski definition) is 2. The molecule has 0 radical (unpaired) electrons. The van der Waals surface area contributed by atoms with Crippen LogP contribution in [0.4, 0.5) is 11.4 Å². The van der Waals surface area contributed by atoms with Gasteiger partial charge in [-0.3, -0.25) is 0 Å². The quantitative estimate of drug-likeness (QED) is 0.829. The smallest absolute Gasteiger partial charge is 0.0486 e. The molecule has 1 aromatic carbocycles. The molecule has 1 atom stereocenters. The highest BCUT2D eigenvalue weighted by molar-refractivity contribution is 9.10. The Morgan fingerprint density at radius 2 is 2.29 bits per heavy atom. The van der Waals surface area contributed by atoms with E-state index in [-0.39, 0.29) is 0 Å². The van der Waals surface area contributed by atoms with Crippen LogP contribution in [0.2, 0.25) is 0 Å². The van der Waals surface area contributed by atoms with Gasteiger partial charge in [0.2, 0.25) is 0 Å². The van der Waals surface area contributed by atoms with Crippen LogP contribution in [0.3, 0.4) is 0 Å². The first-order chi connectivity index (χ1) is 6.63. The molecule has 0 aliphatic heterocycles. The number of nitrogen functional groups attached to an aromatic ring is 1. The van der Waals surface area contributed by atoms with E-state index in [9.17, 15) is 0 Å². The molecule has 2 nitrogen and oxygen atoms in total. The van der Waals surface area contributed by atoms with Gasteiger partial charge >= 0.3 is 0 Å². The molecule has 0 saturated carbocycles. The van der Waals surface area contributed by atoms with Crippen LogP contribution in [0.25, 0.3) is 0 Å². The van der Waals surface area contributed by atoms with Crippen LogP contribution in [-0.4, -0.2) is 18.1 Å². The highest BCUT2D eigenvalue weighted by Gasteiger charge is 2.02. The van der Waals surface area contributed by atoms with Gasteiger partial charge in [0.05, 0.1) is 0 Å². The summed E-state index contributed by atoms with van der Waals surface area (Å²) in [5.41, 5.74) is 7.52. The van der Waals surface area contributed by atoms with Crippen LogP contribution in [-0.2, 0) is 0 Å². The van der Waals surface area contributed by atoms with Crippen molar-refractivity contribution in [2.24, 2.45) is 0 Å². The van der Waals surface area contributed by atoms with Gasteiger partial charge in [-0.25, -0.2) is 0 Å². The minimum atomic E-state index is 0.611. The summed E-state index contributed by atoms with van der Waals surface area (Å²) in [6.45, 7) is 3.16. The van der Waals surface area contributed by atoms with Gasteiger partial charge in [0, 0.05) is 27.6 Å². The topological polar surface area (TPSA) is 38.0 Å². The molecule has 0 fully saturated rings. The molecule has 0 saturated heterocycles. The van der Waals surface area contributed by atoms with Gasteiger partial charge in [0.25, 0.3) is 0 Å². The van der Waals surface area contributed by atoms with Crippen molar-refractivity contribution in [3.8, 4) is 0 Å². The lowest BCUT2D eigenvalue weighted by Gasteiger charge is -2.12. The molecular formula is C10H15BrN2S.